The molecule has 4 aromatic carbocycles. The Morgan fingerprint density at radius 3 is 1.39 bits per heavy atom. The maximum Gasteiger partial charge on any atom is 0.138 e. The fourth-order valence-electron chi connectivity index (χ4n) is 4.88. The van der Waals surface area contributed by atoms with Gasteiger partial charge in [0.1, 0.15) is 11.5 Å². The van der Waals surface area contributed by atoms with E-state index in [1.807, 2.05) is 48.5 Å². The normalized spacial score (nSPS) is 12.9. The van der Waals surface area contributed by atoms with E-state index in [1.165, 1.54) is 0 Å². The average molecular weight is 428 g/mol. The number of fused-ring (bicyclic) bond motifs is 3. The molecule has 158 valence electrons. The Morgan fingerprint density at radius 2 is 1.03 bits per heavy atom. The molecular formula is C29H20N2O2. The quantitative estimate of drug-likeness (QED) is 0.188. The van der Waals surface area contributed by atoms with Crippen molar-refractivity contribution in [1.29, 1.82) is 0 Å². The van der Waals surface area contributed by atoms with Gasteiger partial charge < -0.3 is 21.7 Å². The summed E-state index contributed by atoms with van der Waals surface area (Å²) in [4.78, 5) is 0. The minimum atomic E-state index is -0.825. The fraction of sp³-hybridized carbons (Fsp3) is 0.0345. The zero-order valence-electron chi connectivity index (χ0n) is 17.6. The molecule has 0 spiro atoms. The van der Waals surface area contributed by atoms with Crippen LogP contribution < -0.4 is 11.5 Å². The molecule has 6 N–H and O–H groups in total. The minimum absolute atomic E-state index is 0.00271. The van der Waals surface area contributed by atoms with E-state index in [0.29, 0.717) is 0 Å². The van der Waals surface area contributed by atoms with Crippen molar-refractivity contribution in [3.8, 4) is 47.3 Å². The third kappa shape index (κ3) is 2.75. The van der Waals surface area contributed by atoms with Crippen LogP contribution in [0.15, 0.2) is 72.8 Å². The summed E-state index contributed by atoms with van der Waals surface area (Å²) in [5, 5.41) is 20.3. The molecule has 0 fully saturated rings. The van der Waals surface area contributed by atoms with Gasteiger partial charge >= 0.3 is 0 Å². The molecule has 0 bridgehead atoms. The number of rotatable bonds is 2. The molecule has 0 aromatic heterocycles. The van der Waals surface area contributed by atoms with Crippen molar-refractivity contribution in [1.82, 2.24) is 0 Å². The Kier molecular flexibility index (Phi) is 4.34. The number of hydrogen-bond donors (Lipinski definition) is 4. The molecule has 0 saturated carbocycles. The fourth-order valence-corrected chi connectivity index (χ4v) is 4.88. The number of phenols is 2. The molecule has 0 saturated heterocycles. The molecule has 0 heterocycles. The highest BCUT2D eigenvalue weighted by atomic mass is 16.3. The highest BCUT2D eigenvalue weighted by Gasteiger charge is 2.46. The van der Waals surface area contributed by atoms with E-state index in [-0.39, 0.29) is 22.9 Å². The van der Waals surface area contributed by atoms with Crippen molar-refractivity contribution in [3.63, 3.8) is 0 Å². The van der Waals surface area contributed by atoms with Crippen LogP contribution in [-0.4, -0.2) is 10.2 Å². The van der Waals surface area contributed by atoms with E-state index in [1.54, 1.807) is 24.3 Å². The molecule has 4 aromatic rings. The molecule has 0 unspecified atom stereocenters. The van der Waals surface area contributed by atoms with Gasteiger partial charge in [-0.1, -0.05) is 36.1 Å². The lowest BCUT2D eigenvalue weighted by Crippen LogP contribution is -2.29. The second kappa shape index (κ2) is 7.12. The number of benzene rings is 4. The van der Waals surface area contributed by atoms with E-state index in [9.17, 15) is 10.2 Å². The smallest absolute Gasteiger partial charge is 0.138 e. The van der Waals surface area contributed by atoms with Gasteiger partial charge in [-0.15, -0.1) is 12.8 Å². The van der Waals surface area contributed by atoms with E-state index in [2.05, 4.69) is 11.8 Å². The summed E-state index contributed by atoms with van der Waals surface area (Å²) in [6.45, 7) is 0. The first kappa shape index (κ1) is 20.1. The van der Waals surface area contributed by atoms with Crippen molar-refractivity contribution in [2.24, 2.45) is 0 Å². The summed E-state index contributed by atoms with van der Waals surface area (Å²) < 4.78 is 0. The number of nitrogens with two attached hydrogens (primary N) is 2. The maximum atomic E-state index is 10.1. The molecule has 4 nitrogen and oxygen atoms in total. The Labute approximate surface area is 192 Å². The number of phenolic OH excluding ortho intramolecular Hbond substituents is 2. The molecule has 1 aliphatic rings. The lowest BCUT2D eigenvalue weighted by molar-refractivity contribution is 0.477. The van der Waals surface area contributed by atoms with Crippen molar-refractivity contribution in [2.45, 2.75) is 5.41 Å². The monoisotopic (exact) mass is 428 g/mol. The maximum absolute atomic E-state index is 10.1. The number of aromatic hydroxyl groups is 2. The zero-order valence-corrected chi connectivity index (χ0v) is 17.6. The van der Waals surface area contributed by atoms with E-state index in [0.717, 1.165) is 44.5 Å². The van der Waals surface area contributed by atoms with Crippen LogP contribution in [0.5, 0.6) is 11.5 Å². The van der Waals surface area contributed by atoms with Crippen molar-refractivity contribution in [3.05, 3.63) is 106 Å². The second-order valence-corrected chi connectivity index (χ2v) is 8.11. The number of terminal acetylenes is 2. The van der Waals surface area contributed by atoms with Gasteiger partial charge in [0, 0.05) is 11.1 Å². The largest absolute Gasteiger partial charge is 0.506 e. The van der Waals surface area contributed by atoms with Crippen molar-refractivity contribution < 1.29 is 10.2 Å². The van der Waals surface area contributed by atoms with Crippen LogP contribution >= 0.6 is 0 Å². The van der Waals surface area contributed by atoms with Crippen LogP contribution in [-0.2, 0) is 5.41 Å². The van der Waals surface area contributed by atoms with E-state index >= 15 is 0 Å². The molecular weight excluding hydrogens is 408 g/mol. The lowest BCUT2D eigenvalue weighted by atomic mass is 9.67. The van der Waals surface area contributed by atoms with E-state index < -0.39 is 5.41 Å². The first-order valence-corrected chi connectivity index (χ1v) is 10.3. The molecule has 4 heteroatoms. The van der Waals surface area contributed by atoms with Gasteiger partial charge in [0.2, 0.25) is 0 Å². The third-order valence-corrected chi connectivity index (χ3v) is 6.39. The third-order valence-electron chi connectivity index (χ3n) is 6.39. The Bertz CT molecular complexity index is 1420. The topological polar surface area (TPSA) is 92.5 Å². The van der Waals surface area contributed by atoms with Gasteiger partial charge in [-0.25, -0.2) is 0 Å². The molecule has 0 aliphatic heterocycles. The lowest BCUT2D eigenvalue weighted by Gasteiger charge is -2.34. The van der Waals surface area contributed by atoms with Crippen molar-refractivity contribution in [2.75, 3.05) is 11.5 Å². The van der Waals surface area contributed by atoms with Crippen molar-refractivity contribution >= 4 is 11.4 Å². The first-order chi connectivity index (χ1) is 15.9. The standard InChI is InChI=1S/C29H20N2O2/c1-3-17-5-9-23-21(13-17)22-14-18(4-2)6-10-24(22)29(23,19-7-11-27(32)25(30)15-19)20-8-12-28(33)26(31)16-20/h1-2,5-16,32-33H,30-31H2. The van der Waals surface area contributed by atoms with Crippen LogP contribution in [0.4, 0.5) is 11.4 Å². The minimum Gasteiger partial charge on any atom is -0.506 e. The Hall–Kier alpha value is -4.80. The van der Waals surface area contributed by atoms with Gasteiger partial charge in [0.05, 0.1) is 16.8 Å². The van der Waals surface area contributed by atoms with Crippen LogP contribution in [0.25, 0.3) is 11.1 Å². The molecule has 0 radical (unpaired) electrons. The van der Waals surface area contributed by atoms with Crippen LogP contribution in [0.2, 0.25) is 0 Å². The average Bonchev–Trinajstić information content (AvgIpc) is 3.12. The summed E-state index contributed by atoms with van der Waals surface area (Å²) in [7, 11) is 0. The molecule has 0 amide bonds. The van der Waals surface area contributed by atoms with Gasteiger partial charge in [0.25, 0.3) is 0 Å². The summed E-state index contributed by atoms with van der Waals surface area (Å²) >= 11 is 0. The number of nitrogen functional groups attached to an aromatic ring is 2. The summed E-state index contributed by atoms with van der Waals surface area (Å²) in [6, 6.07) is 22.1. The van der Waals surface area contributed by atoms with Gasteiger partial charge in [-0.05, 0) is 81.9 Å². The highest BCUT2D eigenvalue weighted by Crippen LogP contribution is 2.57. The Morgan fingerprint density at radius 1 is 0.606 bits per heavy atom. The highest BCUT2D eigenvalue weighted by molar-refractivity contribution is 5.88. The molecule has 5 rings (SSSR count). The molecule has 1 aliphatic carbocycles. The predicted molar refractivity (Wildman–Crippen MR) is 132 cm³/mol. The zero-order chi connectivity index (χ0) is 23.3. The SMILES string of the molecule is C#Cc1ccc2c(c1)-c1cc(C#C)ccc1C2(c1ccc(O)c(N)c1)c1ccc(O)c(N)c1. The summed E-state index contributed by atoms with van der Waals surface area (Å²) in [6.07, 6.45) is 11.4. The Balaban J connectivity index is 1.99. The summed E-state index contributed by atoms with van der Waals surface area (Å²) in [5.74, 6) is 5.42. The number of hydrogen-bond acceptors (Lipinski definition) is 4. The van der Waals surface area contributed by atoms with Crippen LogP contribution in [0, 0.1) is 24.7 Å². The number of anilines is 2. The van der Waals surface area contributed by atoms with Gasteiger partial charge in [0.15, 0.2) is 0 Å². The second-order valence-electron chi connectivity index (χ2n) is 8.11. The van der Waals surface area contributed by atoms with Gasteiger partial charge in [-0.2, -0.15) is 0 Å². The van der Waals surface area contributed by atoms with E-state index in [4.69, 9.17) is 24.3 Å². The first-order valence-electron chi connectivity index (χ1n) is 10.3. The summed E-state index contributed by atoms with van der Waals surface area (Å²) in [5.41, 5.74) is 19.0. The predicted octanol–water partition coefficient (Wildman–Crippen LogP) is 4.59. The molecule has 0 atom stereocenters. The molecule has 33 heavy (non-hydrogen) atoms. The van der Waals surface area contributed by atoms with Gasteiger partial charge in [-0.3, -0.25) is 0 Å². The van der Waals surface area contributed by atoms with Crippen LogP contribution in [0.3, 0.4) is 0 Å². The van der Waals surface area contributed by atoms with Crippen LogP contribution in [0.1, 0.15) is 33.4 Å².